The second-order valence-corrected chi connectivity index (χ2v) is 4.65. The average molecular weight is 235 g/mol. The van der Waals surface area contributed by atoms with Crippen molar-refractivity contribution in [2.75, 3.05) is 26.3 Å². The lowest BCUT2D eigenvalue weighted by Gasteiger charge is -2.15. The fourth-order valence-electron chi connectivity index (χ4n) is 2.32. The summed E-state index contributed by atoms with van der Waals surface area (Å²) in [5, 5.41) is 9.10. The Hall–Kier alpha value is -1.06. The summed E-state index contributed by atoms with van der Waals surface area (Å²) < 4.78 is 5.42. The molecular formula is C14H21NO2. The Morgan fingerprint density at radius 2 is 2.12 bits per heavy atom. The predicted octanol–water partition coefficient (Wildman–Crippen LogP) is 1.90. The molecule has 1 saturated heterocycles. The Kier molecular flexibility index (Phi) is 4.40. The minimum absolute atomic E-state index is 0.319. The van der Waals surface area contributed by atoms with Gasteiger partial charge in [0.25, 0.3) is 0 Å². The van der Waals surface area contributed by atoms with Crippen LogP contribution in [0.15, 0.2) is 24.3 Å². The van der Waals surface area contributed by atoms with Gasteiger partial charge >= 0.3 is 0 Å². The number of likely N-dealkylation sites (tertiary alicyclic amines) is 1. The highest BCUT2D eigenvalue weighted by atomic mass is 16.5. The van der Waals surface area contributed by atoms with Gasteiger partial charge in [-0.15, -0.1) is 0 Å². The number of nitrogens with zero attached hydrogens (tertiary/aromatic N) is 1. The van der Waals surface area contributed by atoms with Crippen LogP contribution in [0.4, 0.5) is 0 Å². The van der Waals surface area contributed by atoms with Crippen LogP contribution in [0.25, 0.3) is 0 Å². The van der Waals surface area contributed by atoms with Crippen molar-refractivity contribution >= 4 is 0 Å². The molecule has 1 fully saturated rings. The summed E-state index contributed by atoms with van der Waals surface area (Å²) in [6, 6.07) is 8.30. The number of aliphatic hydroxyl groups is 1. The van der Waals surface area contributed by atoms with Gasteiger partial charge in [-0.05, 0) is 43.5 Å². The normalized spacial score (nSPS) is 20.7. The van der Waals surface area contributed by atoms with Gasteiger partial charge in [0, 0.05) is 19.7 Å². The maximum absolute atomic E-state index is 9.10. The zero-order valence-electron chi connectivity index (χ0n) is 10.4. The van der Waals surface area contributed by atoms with Crippen LogP contribution in [0.3, 0.4) is 0 Å². The van der Waals surface area contributed by atoms with Gasteiger partial charge in [-0.25, -0.2) is 0 Å². The van der Waals surface area contributed by atoms with Crippen molar-refractivity contribution in [2.24, 2.45) is 5.92 Å². The maximum atomic E-state index is 9.10. The van der Waals surface area contributed by atoms with Crippen molar-refractivity contribution < 1.29 is 9.84 Å². The predicted molar refractivity (Wildman–Crippen MR) is 68.1 cm³/mol. The first-order valence-electron chi connectivity index (χ1n) is 6.36. The van der Waals surface area contributed by atoms with Crippen LogP contribution >= 0.6 is 0 Å². The fraction of sp³-hybridized carbons (Fsp3) is 0.571. The van der Waals surface area contributed by atoms with E-state index in [0.717, 1.165) is 31.8 Å². The largest absolute Gasteiger partial charge is 0.494 e. The molecule has 0 radical (unpaired) electrons. The third kappa shape index (κ3) is 3.45. The number of hydrogen-bond donors (Lipinski definition) is 1. The average Bonchev–Trinajstić information content (AvgIpc) is 2.80. The van der Waals surface area contributed by atoms with E-state index < -0.39 is 0 Å². The molecule has 2 rings (SSSR count). The number of ether oxygens (including phenoxy) is 1. The van der Waals surface area contributed by atoms with Gasteiger partial charge in [0.15, 0.2) is 0 Å². The molecule has 0 spiro atoms. The second-order valence-electron chi connectivity index (χ2n) is 4.65. The van der Waals surface area contributed by atoms with Gasteiger partial charge in [-0.3, -0.25) is 4.90 Å². The van der Waals surface area contributed by atoms with Crippen molar-refractivity contribution in [3.05, 3.63) is 29.8 Å². The van der Waals surface area contributed by atoms with E-state index in [1.54, 1.807) is 0 Å². The third-order valence-corrected chi connectivity index (χ3v) is 3.27. The Morgan fingerprint density at radius 1 is 1.35 bits per heavy atom. The summed E-state index contributed by atoms with van der Waals surface area (Å²) in [5.74, 6) is 1.41. The van der Waals surface area contributed by atoms with E-state index in [-0.39, 0.29) is 0 Å². The van der Waals surface area contributed by atoms with Crippen LogP contribution in [0.1, 0.15) is 18.9 Å². The standard InChI is InChI=1S/C14H21NO2/c1-2-17-14-5-3-12(4-6-14)9-15-8-7-13(10-15)11-16/h3-6,13,16H,2,7-11H2,1H3/t13-/m0/s1. The summed E-state index contributed by atoms with van der Waals surface area (Å²) in [4.78, 5) is 2.40. The van der Waals surface area contributed by atoms with E-state index in [1.807, 2.05) is 19.1 Å². The molecule has 1 N–H and O–H groups in total. The molecule has 3 heteroatoms. The molecule has 3 nitrogen and oxygen atoms in total. The first-order chi connectivity index (χ1) is 8.31. The number of benzene rings is 1. The molecule has 0 unspecified atom stereocenters. The quantitative estimate of drug-likeness (QED) is 0.846. The van der Waals surface area contributed by atoms with Gasteiger partial charge in [-0.1, -0.05) is 12.1 Å². The molecule has 17 heavy (non-hydrogen) atoms. The molecule has 1 atom stereocenters. The van der Waals surface area contributed by atoms with Crippen LogP contribution in [0.5, 0.6) is 5.75 Å². The second kappa shape index (κ2) is 6.03. The molecule has 0 aromatic heterocycles. The monoisotopic (exact) mass is 235 g/mol. The molecule has 1 aliphatic rings. The van der Waals surface area contributed by atoms with E-state index in [9.17, 15) is 0 Å². The van der Waals surface area contributed by atoms with E-state index in [0.29, 0.717) is 19.1 Å². The summed E-state index contributed by atoms with van der Waals surface area (Å²) in [5.41, 5.74) is 1.31. The van der Waals surface area contributed by atoms with Gasteiger partial charge < -0.3 is 9.84 Å². The van der Waals surface area contributed by atoms with Crippen molar-refractivity contribution in [2.45, 2.75) is 19.9 Å². The topological polar surface area (TPSA) is 32.7 Å². The summed E-state index contributed by atoms with van der Waals surface area (Å²) >= 11 is 0. The molecule has 1 aliphatic heterocycles. The van der Waals surface area contributed by atoms with Gasteiger partial charge in [0.2, 0.25) is 0 Å². The highest BCUT2D eigenvalue weighted by Gasteiger charge is 2.21. The van der Waals surface area contributed by atoms with Gasteiger partial charge in [0.1, 0.15) is 5.75 Å². The summed E-state index contributed by atoms with van der Waals surface area (Å²) in [6.45, 7) is 6.11. The number of rotatable bonds is 5. The van der Waals surface area contributed by atoms with Crippen LogP contribution in [-0.4, -0.2) is 36.3 Å². The molecule has 0 saturated carbocycles. The first-order valence-corrected chi connectivity index (χ1v) is 6.36. The van der Waals surface area contributed by atoms with Crippen molar-refractivity contribution in [3.63, 3.8) is 0 Å². The molecule has 1 heterocycles. The van der Waals surface area contributed by atoms with Crippen LogP contribution < -0.4 is 4.74 Å². The Morgan fingerprint density at radius 3 is 2.71 bits per heavy atom. The Balaban J connectivity index is 1.86. The van der Waals surface area contributed by atoms with Crippen molar-refractivity contribution in [1.29, 1.82) is 0 Å². The lowest BCUT2D eigenvalue weighted by Crippen LogP contribution is -2.20. The fourth-order valence-corrected chi connectivity index (χ4v) is 2.32. The highest BCUT2D eigenvalue weighted by Crippen LogP contribution is 2.19. The summed E-state index contributed by atoms with van der Waals surface area (Å²) in [6.07, 6.45) is 1.12. The number of aliphatic hydroxyl groups excluding tert-OH is 1. The molecule has 1 aromatic rings. The molecule has 0 aliphatic carbocycles. The maximum Gasteiger partial charge on any atom is 0.119 e. The van der Waals surface area contributed by atoms with E-state index in [4.69, 9.17) is 9.84 Å². The van der Waals surface area contributed by atoms with Gasteiger partial charge in [0.05, 0.1) is 6.61 Å². The van der Waals surface area contributed by atoms with Crippen molar-refractivity contribution in [1.82, 2.24) is 4.90 Å². The molecule has 0 bridgehead atoms. The Labute approximate surface area is 103 Å². The Bertz CT molecular complexity index is 337. The van der Waals surface area contributed by atoms with E-state index in [2.05, 4.69) is 17.0 Å². The van der Waals surface area contributed by atoms with E-state index >= 15 is 0 Å². The zero-order chi connectivity index (χ0) is 12.1. The smallest absolute Gasteiger partial charge is 0.119 e. The molecule has 1 aromatic carbocycles. The molecule has 94 valence electrons. The first kappa shape index (κ1) is 12.4. The van der Waals surface area contributed by atoms with Crippen LogP contribution in [0.2, 0.25) is 0 Å². The lowest BCUT2D eigenvalue weighted by atomic mass is 10.1. The van der Waals surface area contributed by atoms with Gasteiger partial charge in [-0.2, -0.15) is 0 Å². The zero-order valence-corrected chi connectivity index (χ0v) is 10.4. The molecular weight excluding hydrogens is 214 g/mol. The number of hydrogen-bond acceptors (Lipinski definition) is 3. The van der Waals surface area contributed by atoms with E-state index in [1.165, 1.54) is 5.56 Å². The lowest BCUT2D eigenvalue weighted by molar-refractivity contribution is 0.220. The van der Waals surface area contributed by atoms with Crippen LogP contribution in [-0.2, 0) is 6.54 Å². The highest BCUT2D eigenvalue weighted by molar-refractivity contribution is 5.27. The summed E-state index contributed by atoms with van der Waals surface area (Å²) in [7, 11) is 0. The minimum Gasteiger partial charge on any atom is -0.494 e. The van der Waals surface area contributed by atoms with Crippen molar-refractivity contribution in [3.8, 4) is 5.75 Å². The SMILES string of the molecule is CCOc1ccc(CN2CC[C@H](CO)C2)cc1. The minimum atomic E-state index is 0.319. The van der Waals surface area contributed by atoms with Crippen LogP contribution in [0, 0.1) is 5.92 Å². The third-order valence-electron chi connectivity index (χ3n) is 3.27. The molecule has 0 amide bonds.